The fraction of sp³-hybridized carbons (Fsp3) is 0.182. The third-order valence-electron chi connectivity index (χ3n) is 2.15. The van der Waals surface area contributed by atoms with E-state index in [0.717, 1.165) is 16.8 Å². The van der Waals surface area contributed by atoms with Gasteiger partial charge in [0, 0.05) is 11.1 Å². The van der Waals surface area contributed by atoms with E-state index in [1.807, 2.05) is 19.1 Å². The number of aromatic nitrogens is 1. The summed E-state index contributed by atoms with van der Waals surface area (Å²) in [6, 6.07) is 8.16. The van der Waals surface area contributed by atoms with Crippen molar-refractivity contribution in [1.82, 2.24) is 5.16 Å². The summed E-state index contributed by atoms with van der Waals surface area (Å²) in [5.74, 6) is 0. The lowest BCUT2D eigenvalue weighted by Gasteiger charge is -2.00. The summed E-state index contributed by atoms with van der Waals surface area (Å²) in [4.78, 5) is 0. The summed E-state index contributed by atoms with van der Waals surface area (Å²) in [7, 11) is 0. The van der Waals surface area contributed by atoms with Crippen LogP contribution in [0, 0.1) is 13.8 Å². The van der Waals surface area contributed by atoms with E-state index in [0.29, 0.717) is 0 Å². The Bertz CT molecular complexity index is 418. The molecule has 0 aliphatic heterocycles. The number of rotatable bonds is 1. The highest BCUT2D eigenvalue weighted by atomic mass is 16.5. The molecule has 1 aromatic heterocycles. The third kappa shape index (κ3) is 1.35. The Morgan fingerprint density at radius 1 is 1.08 bits per heavy atom. The molecule has 0 atom stereocenters. The van der Waals surface area contributed by atoms with E-state index in [2.05, 4.69) is 24.2 Å². The Balaban J connectivity index is 2.59. The lowest BCUT2D eigenvalue weighted by atomic mass is 10.0. The molecule has 13 heavy (non-hydrogen) atoms. The van der Waals surface area contributed by atoms with Crippen LogP contribution in [0.3, 0.4) is 0 Å². The van der Waals surface area contributed by atoms with Gasteiger partial charge < -0.3 is 4.52 Å². The highest BCUT2D eigenvalue weighted by Gasteiger charge is 2.07. The van der Waals surface area contributed by atoms with Gasteiger partial charge in [0.1, 0.15) is 12.0 Å². The molecule has 0 saturated heterocycles. The summed E-state index contributed by atoms with van der Waals surface area (Å²) in [6.07, 6.45) is 1.67. The van der Waals surface area contributed by atoms with Crippen LogP contribution in [0.15, 0.2) is 35.1 Å². The maximum atomic E-state index is 4.90. The van der Waals surface area contributed by atoms with Crippen LogP contribution in [0.1, 0.15) is 11.1 Å². The first-order valence-electron chi connectivity index (χ1n) is 4.26. The lowest BCUT2D eigenvalue weighted by Crippen LogP contribution is -1.84. The van der Waals surface area contributed by atoms with E-state index in [4.69, 9.17) is 4.52 Å². The number of aryl methyl sites for hydroxylation is 2. The summed E-state index contributed by atoms with van der Waals surface area (Å²) in [5.41, 5.74) is 4.39. The van der Waals surface area contributed by atoms with Crippen molar-refractivity contribution in [3.63, 3.8) is 0 Å². The summed E-state index contributed by atoms with van der Waals surface area (Å²) < 4.78 is 4.90. The quantitative estimate of drug-likeness (QED) is 0.662. The molecule has 2 heteroatoms. The molecule has 66 valence electrons. The number of hydrogen-bond acceptors (Lipinski definition) is 2. The van der Waals surface area contributed by atoms with Crippen LogP contribution in [-0.4, -0.2) is 5.16 Å². The highest BCUT2D eigenvalue weighted by Crippen LogP contribution is 2.24. The van der Waals surface area contributed by atoms with Crippen molar-refractivity contribution < 1.29 is 4.52 Å². The average molecular weight is 173 g/mol. The second-order valence-electron chi connectivity index (χ2n) is 3.16. The third-order valence-corrected chi connectivity index (χ3v) is 2.15. The molecule has 0 saturated carbocycles. The maximum absolute atomic E-state index is 4.90. The topological polar surface area (TPSA) is 26.0 Å². The van der Waals surface area contributed by atoms with Crippen molar-refractivity contribution in [3.05, 3.63) is 41.7 Å². The van der Waals surface area contributed by atoms with Gasteiger partial charge in [-0.15, -0.1) is 0 Å². The Morgan fingerprint density at radius 3 is 2.46 bits per heavy atom. The van der Waals surface area contributed by atoms with Crippen LogP contribution >= 0.6 is 0 Å². The average Bonchev–Trinajstić information content (AvgIpc) is 2.52. The molecule has 0 fully saturated rings. The first kappa shape index (κ1) is 8.05. The van der Waals surface area contributed by atoms with E-state index >= 15 is 0 Å². The zero-order valence-corrected chi connectivity index (χ0v) is 7.74. The van der Waals surface area contributed by atoms with E-state index < -0.39 is 0 Å². The van der Waals surface area contributed by atoms with Gasteiger partial charge in [-0.3, -0.25) is 0 Å². The van der Waals surface area contributed by atoms with Gasteiger partial charge in [-0.25, -0.2) is 0 Å². The largest absolute Gasteiger partial charge is 0.364 e. The predicted molar refractivity (Wildman–Crippen MR) is 51.4 cm³/mol. The molecule has 0 aliphatic rings. The standard InChI is InChI=1S/C11H11NO/c1-8-5-3-4-6-10(8)11-9(2)7-13-12-11/h3-7H,1-2H3. The van der Waals surface area contributed by atoms with Crippen molar-refractivity contribution in [2.45, 2.75) is 13.8 Å². The molecule has 1 aromatic carbocycles. The van der Waals surface area contributed by atoms with Gasteiger partial charge in [0.05, 0.1) is 0 Å². The van der Waals surface area contributed by atoms with Crippen molar-refractivity contribution in [3.8, 4) is 11.3 Å². The molecule has 0 amide bonds. The van der Waals surface area contributed by atoms with E-state index in [1.165, 1.54) is 5.56 Å². The molecule has 2 nitrogen and oxygen atoms in total. The van der Waals surface area contributed by atoms with Crippen LogP contribution < -0.4 is 0 Å². The van der Waals surface area contributed by atoms with Crippen LogP contribution in [0.25, 0.3) is 11.3 Å². The Kier molecular flexibility index (Phi) is 1.89. The van der Waals surface area contributed by atoms with Gasteiger partial charge in [-0.2, -0.15) is 0 Å². The van der Waals surface area contributed by atoms with Crippen LogP contribution in [-0.2, 0) is 0 Å². The van der Waals surface area contributed by atoms with Gasteiger partial charge in [-0.1, -0.05) is 29.4 Å². The molecule has 0 N–H and O–H groups in total. The fourth-order valence-corrected chi connectivity index (χ4v) is 1.39. The molecular formula is C11H11NO. The lowest BCUT2D eigenvalue weighted by molar-refractivity contribution is 0.421. The molecule has 2 rings (SSSR count). The molecule has 1 heterocycles. The second-order valence-corrected chi connectivity index (χ2v) is 3.16. The van der Waals surface area contributed by atoms with Crippen molar-refractivity contribution in [2.75, 3.05) is 0 Å². The molecule has 0 unspecified atom stereocenters. The van der Waals surface area contributed by atoms with E-state index in [9.17, 15) is 0 Å². The zero-order valence-electron chi connectivity index (χ0n) is 7.74. The Morgan fingerprint density at radius 2 is 1.85 bits per heavy atom. The Labute approximate surface area is 77.2 Å². The molecule has 0 bridgehead atoms. The van der Waals surface area contributed by atoms with Gasteiger partial charge in [-0.05, 0) is 19.4 Å². The summed E-state index contributed by atoms with van der Waals surface area (Å²) in [5, 5.41) is 3.97. The Hall–Kier alpha value is -1.57. The molecule has 0 spiro atoms. The number of nitrogens with zero attached hydrogens (tertiary/aromatic N) is 1. The normalized spacial score (nSPS) is 10.3. The van der Waals surface area contributed by atoms with Gasteiger partial charge in [0.2, 0.25) is 0 Å². The minimum Gasteiger partial charge on any atom is -0.364 e. The number of benzene rings is 1. The van der Waals surface area contributed by atoms with E-state index in [-0.39, 0.29) is 0 Å². The van der Waals surface area contributed by atoms with Gasteiger partial charge >= 0.3 is 0 Å². The van der Waals surface area contributed by atoms with Crippen LogP contribution in [0.2, 0.25) is 0 Å². The molecule has 0 aliphatic carbocycles. The van der Waals surface area contributed by atoms with Crippen LogP contribution in [0.5, 0.6) is 0 Å². The van der Waals surface area contributed by atoms with Gasteiger partial charge in [0.25, 0.3) is 0 Å². The van der Waals surface area contributed by atoms with E-state index in [1.54, 1.807) is 6.26 Å². The molecule has 0 radical (unpaired) electrons. The molecule has 2 aromatic rings. The van der Waals surface area contributed by atoms with Crippen LogP contribution in [0.4, 0.5) is 0 Å². The highest BCUT2D eigenvalue weighted by molar-refractivity contribution is 5.65. The monoisotopic (exact) mass is 173 g/mol. The number of hydrogen-bond donors (Lipinski definition) is 0. The summed E-state index contributed by atoms with van der Waals surface area (Å²) in [6.45, 7) is 4.07. The SMILES string of the molecule is Cc1ccccc1-c1nocc1C. The first-order chi connectivity index (χ1) is 6.29. The molecular weight excluding hydrogens is 162 g/mol. The first-order valence-corrected chi connectivity index (χ1v) is 4.26. The van der Waals surface area contributed by atoms with Gasteiger partial charge in [0.15, 0.2) is 0 Å². The van der Waals surface area contributed by atoms with Crippen molar-refractivity contribution in [1.29, 1.82) is 0 Å². The minimum atomic E-state index is 0.943. The minimum absolute atomic E-state index is 0.943. The summed E-state index contributed by atoms with van der Waals surface area (Å²) >= 11 is 0. The maximum Gasteiger partial charge on any atom is 0.127 e. The second kappa shape index (κ2) is 3.05. The predicted octanol–water partition coefficient (Wildman–Crippen LogP) is 2.96. The zero-order chi connectivity index (χ0) is 9.26. The smallest absolute Gasteiger partial charge is 0.127 e. The van der Waals surface area contributed by atoms with Crippen molar-refractivity contribution >= 4 is 0 Å². The fourth-order valence-electron chi connectivity index (χ4n) is 1.39. The van der Waals surface area contributed by atoms with Crippen molar-refractivity contribution in [2.24, 2.45) is 0 Å².